The smallest absolute Gasteiger partial charge is 0.311 e. The Hall–Kier alpha value is -1.51. The number of hydrogen-bond donors (Lipinski definition) is 13. The zero-order valence-corrected chi connectivity index (χ0v) is 39.2. The summed E-state index contributed by atoms with van der Waals surface area (Å²) in [4.78, 5) is 14.4. The van der Waals surface area contributed by atoms with Gasteiger partial charge in [-0.3, -0.25) is 4.79 Å². The summed E-state index contributed by atoms with van der Waals surface area (Å²) >= 11 is 0. The molecular formula is C47H76O20. The summed E-state index contributed by atoms with van der Waals surface area (Å²) in [6, 6.07) is 0. The Morgan fingerprint density at radius 3 is 2.03 bits per heavy atom. The van der Waals surface area contributed by atoms with Crippen molar-refractivity contribution in [2.45, 2.75) is 197 Å². The van der Waals surface area contributed by atoms with Gasteiger partial charge in [0.25, 0.3) is 0 Å². The van der Waals surface area contributed by atoms with Crippen LogP contribution in [0.4, 0.5) is 0 Å². The number of esters is 1. The van der Waals surface area contributed by atoms with Gasteiger partial charge in [-0.15, -0.1) is 0 Å². The number of fused-ring (bicyclic) bond motifs is 7. The minimum atomic E-state index is -1.87. The topological polar surface area (TPSA) is 335 Å². The molecule has 8 rings (SSSR count). The molecule has 0 bridgehead atoms. The Labute approximate surface area is 390 Å². The van der Waals surface area contributed by atoms with Crippen molar-refractivity contribution < 1.29 is 99.6 Å². The molecule has 0 radical (unpaired) electrons. The van der Waals surface area contributed by atoms with Gasteiger partial charge in [0.15, 0.2) is 12.6 Å². The average molecular weight is 961 g/mol. The molecular weight excluding hydrogens is 884 g/mol. The van der Waals surface area contributed by atoms with Gasteiger partial charge in [-0.2, -0.15) is 0 Å². The molecule has 20 heteroatoms. The summed E-state index contributed by atoms with van der Waals surface area (Å²) in [6.07, 6.45) is -21.1. The third-order valence-corrected chi connectivity index (χ3v) is 18.3. The van der Waals surface area contributed by atoms with Gasteiger partial charge in [0, 0.05) is 11.3 Å². The van der Waals surface area contributed by atoms with Crippen molar-refractivity contribution in [2.24, 2.45) is 57.2 Å². The summed E-state index contributed by atoms with van der Waals surface area (Å²) in [7, 11) is 0. The quantitative estimate of drug-likeness (QED) is 0.0843. The molecule has 13 N–H and O–H groups in total. The largest absolute Gasteiger partial charge is 0.432 e. The number of carbonyl (C=O) groups is 1. The van der Waals surface area contributed by atoms with E-state index in [1.54, 1.807) is 6.92 Å². The van der Waals surface area contributed by atoms with E-state index in [0.29, 0.717) is 38.5 Å². The highest BCUT2D eigenvalue weighted by Crippen LogP contribution is 2.70. The molecule has 0 aromatic carbocycles. The van der Waals surface area contributed by atoms with E-state index in [0.717, 1.165) is 6.42 Å². The third-order valence-electron chi connectivity index (χ3n) is 18.3. The number of ether oxygens (including phenoxy) is 6. The Kier molecular flexibility index (Phi) is 14.6. The first-order valence-electron chi connectivity index (χ1n) is 24.2. The van der Waals surface area contributed by atoms with Crippen molar-refractivity contribution in [1.29, 1.82) is 0 Å². The second-order valence-corrected chi connectivity index (χ2v) is 23.0. The van der Waals surface area contributed by atoms with Crippen LogP contribution in [-0.2, 0) is 33.2 Å². The fourth-order valence-corrected chi connectivity index (χ4v) is 14.8. The maximum absolute atomic E-state index is 14.4. The third kappa shape index (κ3) is 8.66. The highest BCUT2D eigenvalue weighted by atomic mass is 16.8. The van der Waals surface area contributed by atoms with Gasteiger partial charge in [0.2, 0.25) is 6.29 Å². The molecule has 0 spiro atoms. The molecule has 0 aromatic rings. The Morgan fingerprint density at radius 1 is 0.716 bits per heavy atom. The molecule has 0 aromatic heterocycles. The van der Waals surface area contributed by atoms with E-state index in [9.17, 15) is 71.2 Å². The van der Waals surface area contributed by atoms with Gasteiger partial charge < -0.3 is 94.8 Å². The maximum Gasteiger partial charge on any atom is 0.311 e. The average Bonchev–Trinajstić information content (AvgIpc) is 3.27. The lowest BCUT2D eigenvalue weighted by Gasteiger charge is -2.68. The first-order chi connectivity index (χ1) is 31.3. The molecule has 3 aliphatic heterocycles. The lowest BCUT2D eigenvalue weighted by Crippen LogP contribution is -2.68. The zero-order valence-electron chi connectivity index (χ0n) is 39.2. The van der Waals surface area contributed by atoms with Gasteiger partial charge in [-0.25, -0.2) is 0 Å². The van der Waals surface area contributed by atoms with Crippen LogP contribution >= 0.6 is 0 Å². The predicted octanol–water partition coefficient (Wildman–Crippen LogP) is -2.45. The van der Waals surface area contributed by atoms with Gasteiger partial charge in [-0.1, -0.05) is 46.3 Å². The molecule has 18 unspecified atom stereocenters. The number of allylic oxidation sites excluding steroid dienone is 2. The van der Waals surface area contributed by atoms with Crippen LogP contribution in [0.3, 0.4) is 0 Å². The van der Waals surface area contributed by atoms with Crippen molar-refractivity contribution in [2.75, 3.05) is 19.8 Å². The van der Waals surface area contributed by atoms with Crippen LogP contribution in [0.15, 0.2) is 11.6 Å². The SMILES string of the molecule is CC1O[C@@H](OC2C(CO)O[C@@H](OCC3O[C@@H](OC(=O)C4CC(C)(C)CC5C6=CCC7C(CC(O)C8C(C)(CO)C(O)C(O)CC78C)C6(C)CCC45)[C@@H](O)[C@H](O)C3O)[C@@H](O)[C@@H]2O)[C@@H](O)[C@@H](O)C1O. The highest BCUT2D eigenvalue weighted by molar-refractivity contribution is 5.73. The van der Waals surface area contributed by atoms with Crippen molar-refractivity contribution in [3.05, 3.63) is 11.6 Å². The van der Waals surface area contributed by atoms with Crippen molar-refractivity contribution >= 4 is 5.97 Å². The van der Waals surface area contributed by atoms with Crippen molar-refractivity contribution in [1.82, 2.24) is 0 Å². The van der Waals surface area contributed by atoms with Crippen LogP contribution in [0.25, 0.3) is 0 Å². The molecule has 7 fully saturated rings. The summed E-state index contributed by atoms with van der Waals surface area (Å²) in [5.74, 6) is -1.79. The molecule has 0 amide bonds. The van der Waals surface area contributed by atoms with E-state index in [2.05, 4.69) is 33.8 Å². The maximum atomic E-state index is 14.4. The van der Waals surface area contributed by atoms with Gasteiger partial charge in [0.05, 0.1) is 50.2 Å². The summed E-state index contributed by atoms with van der Waals surface area (Å²) in [6.45, 7) is 9.93. The minimum absolute atomic E-state index is 0.0239. The number of aliphatic hydroxyl groups is 13. The second-order valence-electron chi connectivity index (χ2n) is 23.0. The first kappa shape index (κ1) is 51.8. The highest BCUT2D eigenvalue weighted by Gasteiger charge is 2.68. The van der Waals surface area contributed by atoms with E-state index in [4.69, 9.17) is 28.4 Å². The van der Waals surface area contributed by atoms with Crippen LogP contribution in [-0.4, -0.2) is 203 Å². The lowest BCUT2D eigenvalue weighted by atomic mass is 9.38. The Balaban J connectivity index is 0.942. The van der Waals surface area contributed by atoms with Gasteiger partial charge >= 0.3 is 5.97 Å². The van der Waals surface area contributed by atoms with Crippen molar-refractivity contribution in [3.63, 3.8) is 0 Å². The molecule has 5 aliphatic carbocycles. The molecule has 384 valence electrons. The minimum Gasteiger partial charge on any atom is -0.432 e. The number of aliphatic hydroxyl groups excluding tert-OH is 13. The fourth-order valence-electron chi connectivity index (χ4n) is 14.8. The van der Waals surface area contributed by atoms with E-state index in [-0.39, 0.29) is 41.1 Å². The fraction of sp³-hybridized carbons (Fsp3) is 0.936. The standard InChI is InChI=1S/C47H76O20/c1-18-29(52)31(54)34(57)42(63-18)66-37-27(15-48)64-41(36(59)33(37)56)62-16-28-30(53)32(55)35(58)43(65-28)67-40(61)21-13-44(2,3)12-20-19(21)9-10-45(4)22(20)7-8-23-24(45)11-25(50)38-46(23,5)14-26(51)39(60)47(38,6)17-49/h7,18-21,23-39,41-43,48-60H,8-17H2,1-6H3/t18?,19?,20?,21?,23?,24?,25?,26?,27?,28?,29?,30?,31-,32+,33-,34-,35-,36-,37?,38?,39?,41+,42-,43-,45?,46?,47?/m0/s1. The molecule has 20 nitrogen and oxygen atoms in total. The van der Waals surface area contributed by atoms with E-state index >= 15 is 0 Å². The lowest BCUT2D eigenvalue weighted by molar-refractivity contribution is -0.361. The first-order valence-corrected chi connectivity index (χ1v) is 24.2. The van der Waals surface area contributed by atoms with E-state index < -0.39 is 152 Å². The number of hydrogen-bond acceptors (Lipinski definition) is 20. The molecule has 3 saturated heterocycles. The predicted molar refractivity (Wildman–Crippen MR) is 228 cm³/mol. The monoisotopic (exact) mass is 960 g/mol. The normalized spacial score (nSPS) is 55.2. The number of carbonyl (C=O) groups excluding carboxylic acids is 1. The van der Waals surface area contributed by atoms with Crippen LogP contribution in [0.1, 0.15) is 86.5 Å². The zero-order chi connectivity index (χ0) is 49.0. The molecule has 67 heavy (non-hydrogen) atoms. The van der Waals surface area contributed by atoms with Crippen LogP contribution in [0, 0.1) is 57.2 Å². The van der Waals surface area contributed by atoms with Gasteiger partial charge in [0.1, 0.15) is 67.1 Å². The summed E-state index contributed by atoms with van der Waals surface area (Å²) in [5.41, 5.74) is -1.10. The van der Waals surface area contributed by atoms with Crippen LogP contribution in [0.5, 0.6) is 0 Å². The molecule has 8 aliphatic rings. The van der Waals surface area contributed by atoms with E-state index in [1.807, 2.05) is 0 Å². The van der Waals surface area contributed by atoms with Gasteiger partial charge in [-0.05, 0) is 91.8 Å². The van der Waals surface area contributed by atoms with Crippen molar-refractivity contribution in [3.8, 4) is 0 Å². The molecule has 27 atom stereocenters. The molecule has 3 heterocycles. The number of rotatable bonds is 9. The molecule has 4 saturated carbocycles. The van der Waals surface area contributed by atoms with E-state index in [1.165, 1.54) is 12.5 Å². The summed E-state index contributed by atoms with van der Waals surface area (Å²) < 4.78 is 34.3. The Bertz CT molecular complexity index is 1800. The van der Waals surface area contributed by atoms with Crippen LogP contribution in [0.2, 0.25) is 0 Å². The Morgan fingerprint density at radius 2 is 1.36 bits per heavy atom. The second kappa shape index (κ2) is 18.8. The van der Waals surface area contributed by atoms with Crippen LogP contribution < -0.4 is 0 Å². The summed E-state index contributed by atoms with van der Waals surface area (Å²) in [5, 5.41) is 141.